The van der Waals surface area contributed by atoms with Crippen molar-refractivity contribution in [2.24, 2.45) is 0 Å². The lowest BCUT2D eigenvalue weighted by Gasteiger charge is -2.17. The smallest absolute Gasteiger partial charge is 0.342 e. The lowest BCUT2D eigenvalue weighted by molar-refractivity contribution is -0.129. The maximum atomic E-state index is 12.9. The quantitative estimate of drug-likeness (QED) is 0.621. The van der Waals surface area contributed by atoms with E-state index in [0.29, 0.717) is 16.7 Å². The van der Waals surface area contributed by atoms with Gasteiger partial charge in [-0.15, -0.1) is 0 Å². The number of carbonyl (C=O) groups excluding carboxylic acids is 2. The van der Waals surface area contributed by atoms with E-state index >= 15 is 0 Å². The molecule has 4 rings (SSSR count). The van der Waals surface area contributed by atoms with E-state index in [1.54, 1.807) is 32.0 Å². The van der Waals surface area contributed by atoms with Gasteiger partial charge in [0.25, 0.3) is 5.91 Å². The number of nitrogens with one attached hydrogen (secondary N) is 1. The van der Waals surface area contributed by atoms with Crippen LogP contribution in [0.2, 0.25) is 0 Å². The van der Waals surface area contributed by atoms with Crippen LogP contribution in [0, 0.1) is 6.92 Å². The minimum atomic E-state index is -0.950. The number of hydrogen-bond acceptors (Lipinski definition) is 5. The first kappa shape index (κ1) is 20.8. The highest BCUT2D eigenvalue weighted by atomic mass is 16.5. The first-order chi connectivity index (χ1) is 15.0. The third-order valence-electron chi connectivity index (χ3n) is 5.76. The molecule has 1 aliphatic carbocycles. The second-order valence-electron chi connectivity index (χ2n) is 7.97. The van der Waals surface area contributed by atoms with Gasteiger partial charge in [-0.1, -0.05) is 49.2 Å². The van der Waals surface area contributed by atoms with Crippen molar-refractivity contribution in [1.82, 2.24) is 5.32 Å². The molecule has 1 unspecified atom stereocenters. The summed E-state index contributed by atoms with van der Waals surface area (Å²) in [6.07, 6.45) is 3.13. The standard InChI is InChI=1S/C25H25NO5/c1-15-21(27)19-13-8-14-20(23(19)31-22(15)17-9-4-3-5-10-17)25(29)30-16(2)24(28)26-18-11-6-7-12-18/h3-5,8-10,13-14,16,18H,6-7,11-12H2,1-2H3,(H,26,28). The van der Waals surface area contributed by atoms with E-state index in [0.717, 1.165) is 31.2 Å². The Morgan fingerprint density at radius 2 is 1.77 bits per heavy atom. The molecule has 0 saturated heterocycles. The molecule has 1 amide bonds. The predicted molar refractivity (Wildman–Crippen MR) is 118 cm³/mol. The number of benzene rings is 2. The van der Waals surface area contributed by atoms with Crippen molar-refractivity contribution in [3.05, 3.63) is 69.9 Å². The Hall–Kier alpha value is -3.41. The predicted octanol–water partition coefficient (Wildman–Crippen LogP) is 4.37. The average Bonchev–Trinajstić information content (AvgIpc) is 3.29. The fraction of sp³-hybridized carbons (Fsp3) is 0.320. The Bertz CT molecular complexity index is 1180. The molecule has 1 fully saturated rings. The van der Waals surface area contributed by atoms with E-state index in [2.05, 4.69) is 5.32 Å². The van der Waals surface area contributed by atoms with Crippen LogP contribution in [0.25, 0.3) is 22.3 Å². The fourth-order valence-corrected chi connectivity index (χ4v) is 4.00. The van der Waals surface area contributed by atoms with Crippen molar-refractivity contribution in [2.75, 3.05) is 0 Å². The van der Waals surface area contributed by atoms with Gasteiger partial charge in [0.2, 0.25) is 0 Å². The summed E-state index contributed by atoms with van der Waals surface area (Å²) in [7, 11) is 0. The van der Waals surface area contributed by atoms with Crippen LogP contribution in [0.3, 0.4) is 0 Å². The summed E-state index contributed by atoms with van der Waals surface area (Å²) in [6.45, 7) is 3.25. The zero-order valence-electron chi connectivity index (χ0n) is 17.6. The van der Waals surface area contributed by atoms with Gasteiger partial charge in [-0.25, -0.2) is 4.79 Å². The second kappa shape index (κ2) is 8.76. The molecule has 0 bridgehead atoms. The minimum Gasteiger partial charge on any atom is -0.455 e. The molecule has 2 aromatic carbocycles. The molecule has 6 heteroatoms. The maximum absolute atomic E-state index is 12.9. The Labute approximate surface area is 180 Å². The van der Waals surface area contributed by atoms with E-state index in [9.17, 15) is 14.4 Å². The molecule has 31 heavy (non-hydrogen) atoms. The topological polar surface area (TPSA) is 85.6 Å². The van der Waals surface area contributed by atoms with Crippen molar-refractivity contribution in [2.45, 2.75) is 51.7 Å². The van der Waals surface area contributed by atoms with Crippen molar-refractivity contribution >= 4 is 22.8 Å². The van der Waals surface area contributed by atoms with Gasteiger partial charge in [-0.3, -0.25) is 9.59 Å². The second-order valence-corrected chi connectivity index (χ2v) is 7.97. The number of ether oxygens (including phenoxy) is 1. The first-order valence-electron chi connectivity index (χ1n) is 10.6. The van der Waals surface area contributed by atoms with Crippen molar-refractivity contribution in [3.8, 4) is 11.3 Å². The Balaban J connectivity index is 1.65. The number of hydrogen-bond donors (Lipinski definition) is 1. The summed E-state index contributed by atoms with van der Waals surface area (Å²) in [5.41, 5.74) is 1.28. The van der Waals surface area contributed by atoms with Crippen LogP contribution in [-0.2, 0) is 9.53 Å². The Morgan fingerprint density at radius 3 is 2.48 bits per heavy atom. The molecule has 160 valence electrons. The monoisotopic (exact) mass is 419 g/mol. The molecule has 1 N–H and O–H groups in total. The van der Waals surface area contributed by atoms with Gasteiger partial charge in [0.05, 0.1) is 5.39 Å². The summed E-state index contributed by atoms with van der Waals surface area (Å²) in [5.74, 6) is -0.612. The molecule has 1 saturated carbocycles. The summed E-state index contributed by atoms with van der Waals surface area (Å²) in [6, 6.07) is 14.2. The SMILES string of the molecule is Cc1c(-c2ccccc2)oc2c(C(=O)OC(C)C(=O)NC3CCCC3)cccc2c1=O. The van der Waals surface area contributed by atoms with Gasteiger partial charge in [-0.05, 0) is 38.8 Å². The number of esters is 1. The van der Waals surface area contributed by atoms with Gasteiger partial charge >= 0.3 is 5.97 Å². The van der Waals surface area contributed by atoms with E-state index in [4.69, 9.17) is 9.15 Å². The van der Waals surface area contributed by atoms with E-state index in [1.165, 1.54) is 0 Å². The van der Waals surface area contributed by atoms with Crippen LogP contribution in [0.4, 0.5) is 0 Å². The summed E-state index contributed by atoms with van der Waals surface area (Å²) < 4.78 is 11.5. The van der Waals surface area contributed by atoms with Crippen LogP contribution in [0.5, 0.6) is 0 Å². The van der Waals surface area contributed by atoms with E-state index in [1.807, 2.05) is 30.3 Å². The van der Waals surface area contributed by atoms with Crippen LogP contribution >= 0.6 is 0 Å². The number of fused-ring (bicyclic) bond motifs is 1. The molecule has 0 aliphatic heterocycles. The molecule has 0 spiro atoms. The van der Waals surface area contributed by atoms with Crippen LogP contribution in [0.1, 0.15) is 48.5 Å². The van der Waals surface area contributed by atoms with Gasteiger partial charge in [0.1, 0.15) is 11.3 Å². The summed E-state index contributed by atoms with van der Waals surface area (Å²) >= 11 is 0. The zero-order chi connectivity index (χ0) is 22.0. The zero-order valence-corrected chi connectivity index (χ0v) is 17.6. The molecule has 6 nitrogen and oxygen atoms in total. The fourth-order valence-electron chi connectivity index (χ4n) is 4.00. The molecule has 1 aliphatic rings. The molecular weight excluding hydrogens is 394 g/mol. The lowest BCUT2D eigenvalue weighted by Crippen LogP contribution is -2.40. The highest BCUT2D eigenvalue weighted by Gasteiger charge is 2.25. The van der Waals surface area contributed by atoms with Crippen molar-refractivity contribution in [1.29, 1.82) is 0 Å². The average molecular weight is 419 g/mol. The van der Waals surface area contributed by atoms with Gasteiger partial charge in [0, 0.05) is 17.2 Å². The minimum absolute atomic E-state index is 0.118. The van der Waals surface area contributed by atoms with Gasteiger partial charge in [-0.2, -0.15) is 0 Å². The van der Waals surface area contributed by atoms with Gasteiger partial charge < -0.3 is 14.5 Å². The number of amides is 1. The number of carbonyl (C=O) groups is 2. The Morgan fingerprint density at radius 1 is 1.06 bits per heavy atom. The van der Waals surface area contributed by atoms with E-state index < -0.39 is 12.1 Å². The first-order valence-corrected chi connectivity index (χ1v) is 10.6. The maximum Gasteiger partial charge on any atom is 0.342 e. The molecule has 1 aromatic heterocycles. The van der Waals surface area contributed by atoms with Crippen LogP contribution in [0.15, 0.2) is 57.7 Å². The third kappa shape index (κ3) is 4.24. The molecule has 1 atom stereocenters. The van der Waals surface area contributed by atoms with Crippen LogP contribution < -0.4 is 10.7 Å². The number of para-hydroxylation sites is 1. The summed E-state index contributed by atoms with van der Waals surface area (Å²) in [5, 5.41) is 3.23. The Kier molecular flexibility index (Phi) is 5.89. The van der Waals surface area contributed by atoms with Crippen LogP contribution in [-0.4, -0.2) is 24.0 Å². The largest absolute Gasteiger partial charge is 0.455 e. The number of rotatable bonds is 5. The lowest BCUT2D eigenvalue weighted by atomic mass is 10.0. The molecule has 3 aromatic rings. The highest BCUT2D eigenvalue weighted by Crippen LogP contribution is 2.27. The normalized spacial score (nSPS) is 15.0. The molecule has 1 heterocycles. The van der Waals surface area contributed by atoms with Crippen molar-refractivity contribution < 1.29 is 18.7 Å². The highest BCUT2D eigenvalue weighted by molar-refractivity contribution is 6.03. The van der Waals surface area contributed by atoms with Gasteiger partial charge in [0.15, 0.2) is 17.1 Å². The molecular formula is C25H25NO5. The summed E-state index contributed by atoms with van der Waals surface area (Å²) in [4.78, 5) is 38.2. The van der Waals surface area contributed by atoms with Crippen molar-refractivity contribution in [3.63, 3.8) is 0 Å². The van der Waals surface area contributed by atoms with E-state index in [-0.39, 0.29) is 28.5 Å². The molecule has 0 radical (unpaired) electrons. The third-order valence-corrected chi connectivity index (χ3v) is 5.76.